The summed E-state index contributed by atoms with van der Waals surface area (Å²) in [4.78, 5) is 4.11. The number of imidazole rings is 1. The van der Waals surface area contributed by atoms with Gasteiger partial charge in [0.2, 0.25) is 5.95 Å². The summed E-state index contributed by atoms with van der Waals surface area (Å²) in [6.45, 7) is 0.591. The van der Waals surface area contributed by atoms with Crippen molar-refractivity contribution in [3.8, 4) is 0 Å². The highest BCUT2D eigenvalue weighted by Crippen LogP contribution is 2.30. The number of nitrogen functional groups attached to an aromatic ring is 1. The highest BCUT2D eigenvalue weighted by atomic mass is 32.2. The summed E-state index contributed by atoms with van der Waals surface area (Å²) < 4.78 is 28.9. The van der Waals surface area contributed by atoms with E-state index in [9.17, 15) is 8.78 Å². The first-order valence-electron chi connectivity index (χ1n) is 6.38. The number of anilines is 1. The molecule has 1 aromatic carbocycles. The van der Waals surface area contributed by atoms with E-state index in [1.807, 2.05) is 11.8 Å². The quantitative estimate of drug-likeness (QED) is 0.920. The summed E-state index contributed by atoms with van der Waals surface area (Å²) in [5.41, 5.74) is 6.44. The standard InChI is InChI=1S/C13H15F2N3S/c14-9-4-5-10-12(11(9)15)18(13(16)17-10)7-8-3-1-2-6-19-8/h4-5,8H,1-3,6-7H2,(H2,16,17). The van der Waals surface area contributed by atoms with Crippen LogP contribution in [0.25, 0.3) is 11.0 Å². The van der Waals surface area contributed by atoms with Gasteiger partial charge in [-0.15, -0.1) is 0 Å². The summed E-state index contributed by atoms with van der Waals surface area (Å²) in [5, 5.41) is 0.399. The van der Waals surface area contributed by atoms with Gasteiger partial charge in [0.15, 0.2) is 11.6 Å². The fraction of sp³-hybridized carbons (Fsp3) is 0.462. The predicted molar refractivity (Wildman–Crippen MR) is 74.2 cm³/mol. The van der Waals surface area contributed by atoms with Crippen LogP contribution in [0.1, 0.15) is 19.3 Å². The van der Waals surface area contributed by atoms with E-state index in [-0.39, 0.29) is 11.5 Å². The summed E-state index contributed by atoms with van der Waals surface area (Å²) >= 11 is 1.87. The third-order valence-corrected chi connectivity index (χ3v) is 4.87. The first-order chi connectivity index (χ1) is 9.16. The molecule has 2 heterocycles. The molecule has 0 spiro atoms. The maximum Gasteiger partial charge on any atom is 0.201 e. The molecule has 1 aliphatic heterocycles. The summed E-state index contributed by atoms with van der Waals surface area (Å²) in [5.74, 6) is -0.341. The second-order valence-corrected chi connectivity index (χ2v) is 6.21. The Hall–Kier alpha value is -1.30. The number of halogens is 2. The van der Waals surface area contributed by atoms with Crippen LogP contribution in [0.2, 0.25) is 0 Å². The molecular formula is C13H15F2N3S. The lowest BCUT2D eigenvalue weighted by atomic mass is 10.2. The molecular weight excluding hydrogens is 268 g/mol. The topological polar surface area (TPSA) is 43.8 Å². The molecule has 102 valence electrons. The van der Waals surface area contributed by atoms with Crippen LogP contribution in [0.4, 0.5) is 14.7 Å². The van der Waals surface area contributed by atoms with Crippen LogP contribution >= 0.6 is 11.8 Å². The van der Waals surface area contributed by atoms with E-state index in [2.05, 4.69) is 4.98 Å². The van der Waals surface area contributed by atoms with E-state index in [4.69, 9.17) is 5.73 Å². The zero-order chi connectivity index (χ0) is 13.4. The van der Waals surface area contributed by atoms with Gasteiger partial charge in [-0.3, -0.25) is 0 Å². The summed E-state index contributed by atoms with van der Waals surface area (Å²) in [6.07, 6.45) is 3.49. The van der Waals surface area contributed by atoms with Crippen molar-refractivity contribution in [2.24, 2.45) is 0 Å². The van der Waals surface area contributed by atoms with Crippen molar-refractivity contribution < 1.29 is 8.78 Å². The second kappa shape index (κ2) is 5.00. The molecule has 2 aromatic rings. The number of aromatic nitrogens is 2. The third kappa shape index (κ3) is 2.29. The zero-order valence-corrected chi connectivity index (χ0v) is 11.2. The first kappa shape index (κ1) is 12.7. The van der Waals surface area contributed by atoms with Crippen molar-refractivity contribution in [3.63, 3.8) is 0 Å². The van der Waals surface area contributed by atoms with Gasteiger partial charge in [0.1, 0.15) is 5.52 Å². The number of fused-ring (bicyclic) bond motifs is 1. The molecule has 1 fully saturated rings. The van der Waals surface area contributed by atoms with Gasteiger partial charge < -0.3 is 10.3 Å². The Morgan fingerprint density at radius 3 is 2.95 bits per heavy atom. The van der Waals surface area contributed by atoms with Crippen LogP contribution in [0.3, 0.4) is 0 Å². The molecule has 1 aromatic heterocycles. The van der Waals surface area contributed by atoms with Gasteiger partial charge in [-0.25, -0.2) is 13.8 Å². The van der Waals surface area contributed by atoms with Crippen LogP contribution in [0.5, 0.6) is 0 Å². The molecule has 0 bridgehead atoms. The number of nitrogens with zero attached hydrogens (tertiary/aromatic N) is 2. The molecule has 1 aliphatic rings. The van der Waals surface area contributed by atoms with Gasteiger partial charge in [0.25, 0.3) is 0 Å². The first-order valence-corrected chi connectivity index (χ1v) is 7.43. The molecule has 2 N–H and O–H groups in total. The Morgan fingerprint density at radius 2 is 2.21 bits per heavy atom. The van der Waals surface area contributed by atoms with Gasteiger partial charge in [0, 0.05) is 11.8 Å². The second-order valence-electron chi connectivity index (χ2n) is 4.80. The minimum Gasteiger partial charge on any atom is -0.369 e. The summed E-state index contributed by atoms with van der Waals surface area (Å²) in [7, 11) is 0. The number of hydrogen-bond donors (Lipinski definition) is 1. The molecule has 1 unspecified atom stereocenters. The van der Waals surface area contributed by atoms with E-state index in [0.29, 0.717) is 17.3 Å². The monoisotopic (exact) mass is 283 g/mol. The highest BCUT2D eigenvalue weighted by Gasteiger charge is 2.20. The average Bonchev–Trinajstić information content (AvgIpc) is 2.73. The smallest absolute Gasteiger partial charge is 0.201 e. The third-order valence-electron chi connectivity index (χ3n) is 3.49. The van der Waals surface area contributed by atoms with E-state index >= 15 is 0 Å². The Balaban J connectivity index is 2.01. The van der Waals surface area contributed by atoms with E-state index in [0.717, 1.165) is 18.2 Å². The number of rotatable bonds is 2. The lowest BCUT2D eigenvalue weighted by molar-refractivity contribution is 0.509. The highest BCUT2D eigenvalue weighted by molar-refractivity contribution is 7.99. The lowest BCUT2D eigenvalue weighted by Gasteiger charge is -2.22. The van der Waals surface area contributed by atoms with Crippen molar-refractivity contribution in [1.82, 2.24) is 9.55 Å². The minimum atomic E-state index is -0.859. The molecule has 19 heavy (non-hydrogen) atoms. The van der Waals surface area contributed by atoms with Crippen molar-refractivity contribution in [2.45, 2.75) is 31.1 Å². The molecule has 1 saturated heterocycles. The largest absolute Gasteiger partial charge is 0.369 e. The number of benzene rings is 1. The average molecular weight is 283 g/mol. The van der Waals surface area contributed by atoms with Crippen molar-refractivity contribution >= 4 is 28.7 Å². The molecule has 0 amide bonds. The molecule has 3 rings (SSSR count). The fourth-order valence-corrected chi connectivity index (χ4v) is 3.81. The van der Waals surface area contributed by atoms with Crippen molar-refractivity contribution in [3.05, 3.63) is 23.8 Å². The van der Waals surface area contributed by atoms with Gasteiger partial charge in [-0.05, 0) is 30.7 Å². The minimum absolute atomic E-state index is 0.184. The zero-order valence-electron chi connectivity index (χ0n) is 10.4. The molecule has 0 aliphatic carbocycles. The lowest BCUT2D eigenvalue weighted by Crippen LogP contribution is -2.18. The maximum atomic E-state index is 13.9. The van der Waals surface area contributed by atoms with Crippen molar-refractivity contribution in [1.29, 1.82) is 0 Å². The maximum absolute atomic E-state index is 13.9. The van der Waals surface area contributed by atoms with Gasteiger partial charge in [-0.2, -0.15) is 11.8 Å². The Bertz CT molecular complexity index is 605. The van der Waals surface area contributed by atoms with E-state index < -0.39 is 11.6 Å². The summed E-state index contributed by atoms with van der Waals surface area (Å²) in [6, 6.07) is 2.55. The molecule has 0 radical (unpaired) electrons. The van der Waals surface area contributed by atoms with E-state index in [1.165, 1.54) is 18.9 Å². The van der Waals surface area contributed by atoms with Gasteiger partial charge in [-0.1, -0.05) is 6.42 Å². The molecule has 1 atom stereocenters. The van der Waals surface area contributed by atoms with Crippen LogP contribution in [0, 0.1) is 11.6 Å². The molecule has 0 saturated carbocycles. The predicted octanol–water partition coefficient (Wildman–Crippen LogP) is 3.18. The van der Waals surface area contributed by atoms with E-state index in [1.54, 1.807) is 4.57 Å². The van der Waals surface area contributed by atoms with Crippen LogP contribution in [0.15, 0.2) is 12.1 Å². The van der Waals surface area contributed by atoms with Gasteiger partial charge >= 0.3 is 0 Å². The fourth-order valence-electron chi connectivity index (χ4n) is 2.51. The van der Waals surface area contributed by atoms with Crippen LogP contribution in [-0.4, -0.2) is 20.6 Å². The van der Waals surface area contributed by atoms with Crippen LogP contribution < -0.4 is 5.73 Å². The normalized spacial score (nSPS) is 20.0. The molecule has 6 heteroatoms. The van der Waals surface area contributed by atoms with Crippen molar-refractivity contribution in [2.75, 3.05) is 11.5 Å². The SMILES string of the molecule is Nc1nc2ccc(F)c(F)c2n1CC1CCCCS1. The Kier molecular flexibility index (Phi) is 3.35. The number of nitrogens with two attached hydrogens (primary N) is 1. The number of hydrogen-bond acceptors (Lipinski definition) is 3. The molecule has 3 nitrogen and oxygen atoms in total. The Labute approximate surface area is 114 Å². The van der Waals surface area contributed by atoms with Crippen LogP contribution in [-0.2, 0) is 6.54 Å². The van der Waals surface area contributed by atoms with Gasteiger partial charge in [0.05, 0.1) is 5.52 Å². The Morgan fingerprint density at radius 1 is 1.37 bits per heavy atom. The number of thioether (sulfide) groups is 1.